The number of pyridine rings is 1. The van der Waals surface area contributed by atoms with E-state index in [1.165, 1.54) is 23.4 Å². The molecule has 1 atom stereocenters. The molecule has 0 bridgehead atoms. The molecule has 0 aliphatic rings. The number of anilines is 1. The van der Waals surface area contributed by atoms with Crippen molar-refractivity contribution in [2.75, 3.05) is 5.32 Å². The second-order valence-corrected chi connectivity index (χ2v) is 5.14. The molecule has 1 N–H and O–H groups in total. The number of aryl methyl sites for hydroxylation is 2. The van der Waals surface area contributed by atoms with Crippen LogP contribution in [0.5, 0.6) is 0 Å². The van der Waals surface area contributed by atoms with E-state index in [1.54, 1.807) is 0 Å². The number of aromatic nitrogens is 1. The monoisotopic (exact) mass is 294 g/mol. The Morgan fingerprint density at radius 3 is 2.29 bits per heavy atom. The smallest absolute Gasteiger partial charge is 0.377 e. The summed E-state index contributed by atoms with van der Waals surface area (Å²) in [6.07, 6.45) is -3.20. The number of nitrogens with one attached hydrogen (secondary N) is 1. The van der Waals surface area contributed by atoms with E-state index < -0.39 is 11.9 Å². The standard InChI is InChI=1S/C16H17F3N2/c1-10-4-5-13(8-11(10)2)12(3)21-14-6-7-15(20-9-14)16(17,18)19/h4-9,12,21H,1-3H3. The van der Waals surface area contributed by atoms with Crippen LogP contribution in [0.4, 0.5) is 18.9 Å². The lowest BCUT2D eigenvalue weighted by Gasteiger charge is -2.17. The minimum absolute atomic E-state index is 0.0113. The van der Waals surface area contributed by atoms with Crippen molar-refractivity contribution in [3.05, 3.63) is 58.9 Å². The Bertz CT molecular complexity index is 618. The molecule has 5 heteroatoms. The Morgan fingerprint density at radius 2 is 1.76 bits per heavy atom. The zero-order valence-electron chi connectivity index (χ0n) is 12.1. The molecule has 0 fully saturated rings. The molecule has 1 unspecified atom stereocenters. The summed E-state index contributed by atoms with van der Waals surface area (Å²) in [5.74, 6) is 0. The van der Waals surface area contributed by atoms with Crippen molar-refractivity contribution in [1.29, 1.82) is 0 Å². The maximum Gasteiger partial charge on any atom is 0.433 e. The van der Waals surface area contributed by atoms with Crippen LogP contribution in [-0.2, 0) is 6.18 Å². The van der Waals surface area contributed by atoms with Crippen molar-refractivity contribution in [3.63, 3.8) is 0 Å². The molecule has 0 spiro atoms. The van der Waals surface area contributed by atoms with Gasteiger partial charge in [-0.25, -0.2) is 4.98 Å². The largest absolute Gasteiger partial charge is 0.433 e. The lowest BCUT2D eigenvalue weighted by molar-refractivity contribution is -0.141. The minimum atomic E-state index is -4.40. The van der Waals surface area contributed by atoms with Gasteiger partial charge in [-0.3, -0.25) is 0 Å². The summed E-state index contributed by atoms with van der Waals surface area (Å²) in [4.78, 5) is 3.44. The number of nitrogens with zero attached hydrogens (tertiary/aromatic N) is 1. The average Bonchev–Trinajstić information content (AvgIpc) is 2.41. The van der Waals surface area contributed by atoms with Crippen molar-refractivity contribution < 1.29 is 13.2 Å². The minimum Gasteiger partial charge on any atom is -0.377 e. The Balaban J connectivity index is 2.12. The molecule has 112 valence electrons. The number of rotatable bonds is 3. The van der Waals surface area contributed by atoms with Gasteiger partial charge in [-0.15, -0.1) is 0 Å². The molecule has 0 saturated carbocycles. The Morgan fingerprint density at radius 1 is 1.05 bits per heavy atom. The second kappa shape index (κ2) is 5.76. The molecule has 0 radical (unpaired) electrons. The zero-order valence-corrected chi connectivity index (χ0v) is 12.1. The molecule has 21 heavy (non-hydrogen) atoms. The zero-order chi connectivity index (χ0) is 15.6. The van der Waals surface area contributed by atoms with Gasteiger partial charge in [-0.2, -0.15) is 13.2 Å². The summed E-state index contributed by atoms with van der Waals surface area (Å²) >= 11 is 0. The van der Waals surface area contributed by atoms with Crippen LogP contribution in [0.1, 0.15) is 35.3 Å². The first-order valence-electron chi connectivity index (χ1n) is 6.64. The van der Waals surface area contributed by atoms with E-state index in [4.69, 9.17) is 0 Å². The third kappa shape index (κ3) is 3.74. The van der Waals surface area contributed by atoms with Gasteiger partial charge in [-0.05, 0) is 49.6 Å². The number of hydrogen-bond donors (Lipinski definition) is 1. The lowest BCUT2D eigenvalue weighted by Crippen LogP contribution is -2.10. The number of benzene rings is 1. The van der Waals surface area contributed by atoms with Crippen molar-refractivity contribution in [2.45, 2.75) is 33.0 Å². The summed E-state index contributed by atoms with van der Waals surface area (Å²) in [5, 5.41) is 3.15. The van der Waals surface area contributed by atoms with E-state index in [1.807, 2.05) is 32.9 Å². The average molecular weight is 294 g/mol. The van der Waals surface area contributed by atoms with Crippen LogP contribution >= 0.6 is 0 Å². The summed E-state index contributed by atoms with van der Waals surface area (Å²) in [5.41, 5.74) is 3.16. The van der Waals surface area contributed by atoms with Gasteiger partial charge < -0.3 is 5.32 Å². The number of hydrogen-bond acceptors (Lipinski definition) is 2. The first-order chi connectivity index (χ1) is 9.77. The van der Waals surface area contributed by atoms with Crippen molar-refractivity contribution in [2.24, 2.45) is 0 Å². The number of alkyl halides is 3. The van der Waals surface area contributed by atoms with Crippen LogP contribution in [0.25, 0.3) is 0 Å². The van der Waals surface area contributed by atoms with E-state index in [0.29, 0.717) is 5.69 Å². The number of halogens is 3. The summed E-state index contributed by atoms with van der Waals surface area (Å²) in [6, 6.07) is 8.49. The van der Waals surface area contributed by atoms with Crippen LogP contribution in [0, 0.1) is 13.8 Å². The van der Waals surface area contributed by atoms with Crippen molar-refractivity contribution in [3.8, 4) is 0 Å². The van der Waals surface area contributed by atoms with Gasteiger partial charge in [-0.1, -0.05) is 18.2 Å². The first-order valence-corrected chi connectivity index (χ1v) is 6.64. The van der Waals surface area contributed by atoms with E-state index in [0.717, 1.165) is 11.6 Å². The highest BCUT2D eigenvalue weighted by molar-refractivity contribution is 5.44. The van der Waals surface area contributed by atoms with Crippen LogP contribution in [0.3, 0.4) is 0 Å². The fourth-order valence-electron chi connectivity index (χ4n) is 2.01. The third-order valence-electron chi connectivity index (χ3n) is 3.47. The van der Waals surface area contributed by atoms with E-state index in [2.05, 4.69) is 16.4 Å². The van der Waals surface area contributed by atoms with E-state index in [9.17, 15) is 13.2 Å². The van der Waals surface area contributed by atoms with E-state index >= 15 is 0 Å². The predicted octanol–water partition coefficient (Wildman–Crippen LogP) is 4.89. The highest BCUT2D eigenvalue weighted by Gasteiger charge is 2.32. The van der Waals surface area contributed by atoms with Gasteiger partial charge in [0.2, 0.25) is 0 Å². The van der Waals surface area contributed by atoms with Gasteiger partial charge in [0.05, 0.1) is 11.9 Å². The molecule has 0 aliphatic carbocycles. The summed E-state index contributed by atoms with van der Waals surface area (Å²) in [7, 11) is 0. The van der Waals surface area contributed by atoms with Gasteiger partial charge in [0, 0.05) is 6.04 Å². The highest BCUT2D eigenvalue weighted by Crippen LogP contribution is 2.28. The van der Waals surface area contributed by atoms with Gasteiger partial charge >= 0.3 is 6.18 Å². The van der Waals surface area contributed by atoms with Gasteiger partial charge in [0.25, 0.3) is 0 Å². The quantitative estimate of drug-likeness (QED) is 0.871. The van der Waals surface area contributed by atoms with Crippen molar-refractivity contribution in [1.82, 2.24) is 4.98 Å². The normalized spacial score (nSPS) is 13.0. The Hall–Kier alpha value is -2.04. The predicted molar refractivity (Wildman–Crippen MR) is 77.2 cm³/mol. The maximum atomic E-state index is 12.4. The van der Waals surface area contributed by atoms with Crippen LogP contribution in [-0.4, -0.2) is 4.98 Å². The molecule has 1 aromatic carbocycles. The highest BCUT2D eigenvalue weighted by atomic mass is 19.4. The molecule has 1 aromatic heterocycles. The summed E-state index contributed by atoms with van der Waals surface area (Å²) in [6.45, 7) is 6.03. The Kier molecular flexibility index (Phi) is 4.21. The maximum absolute atomic E-state index is 12.4. The molecule has 0 saturated heterocycles. The molecule has 2 nitrogen and oxygen atoms in total. The fraction of sp³-hybridized carbons (Fsp3) is 0.312. The summed E-state index contributed by atoms with van der Waals surface area (Å²) < 4.78 is 37.3. The molecular formula is C16H17F3N2. The van der Waals surface area contributed by atoms with Crippen LogP contribution < -0.4 is 5.32 Å². The molecule has 1 heterocycles. The molecule has 2 aromatic rings. The molecular weight excluding hydrogens is 277 g/mol. The molecule has 0 aliphatic heterocycles. The molecule has 0 amide bonds. The van der Waals surface area contributed by atoms with Crippen LogP contribution in [0.15, 0.2) is 36.5 Å². The first kappa shape index (κ1) is 15.4. The van der Waals surface area contributed by atoms with E-state index in [-0.39, 0.29) is 6.04 Å². The van der Waals surface area contributed by atoms with Gasteiger partial charge in [0.1, 0.15) is 5.69 Å². The third-order valence-corrected chi connectivity index (χ3v) is 3.47. The topological polar surface area (TPSA) is 24.9 Å². The lowest BCUT2D eigenvalue weighted by atomic mass is 10.0. The Labute approximate surface area is 122 Å². The SMILES string of the molecule is Cc1ccc(C(C)Nc2ccc(C(F)(F)F)nc2)cc1C. The molecule has 2 rings (SSSR count). The van der Waals surface area contributed by atoms with Crippen molar-refractivity contribution >= 4 is 5.69 Å². The second-order valence-electron chi connectivity index (χ2n) is 5.14. The van der Waals surface area contributed by atoms with Gasteiger partial charge in [0.15, 0.2) is 0 Å². The fourth-order valence-corrected chi connectivity index (χ4v) is 2.01. The van der Waals surface area contributed by atoms with Crippen LogP contribution in [0.2, 0.25) is 0 Å².